The summed E-state index contributed by atoms with van der Waals surface area (Å²) in [5.41, 5.74) is 1.59. The van der Waals surface area contributed by atoms with Gasteiger partial charge in [-0.2, -0.15) is 0 Å². The predicted molar refractivity (Wildman–Crippen MR) is 163 cm³/mol. The van der Waals surface area contributed by atoms with Crippen molar-refractivity contribution in [2.45, 2.75) is 19.8 Å². The Labute approximate surface area is 263 Å². The molecule has 3 amide bonds. The minimum atomic E-state index is -0.426. The first kappa shape index (κ1) is 30.2. The van der Waals surface area contributed by atoms with Crippen molar-refractivity contribution in [3.63, 3.8) is 0 Å². The van der Waals surface area contributed by atoms with Crippen LogP contribution in [0.4, 0.5) is 5.13 Å². The molecule has 0 radical (unpaired) electrons. The van der Waals surface area contributed by atoms with Crippen LogP contribution in [-0.2, 0) is 20.7 Å². The largest absolute Gasteiger partial charge is 0.493 e. The third-order valence-corrected chi connectivity index (χ3v) is 8.27. The third kappa shape index (κ3) is 7.46. The number of rotatable bonds is 10. The maximum Gasteiger partial charge on any atom is 0.257 e. The Kier molecular flexibility index (Phi) is 9.03. The van der Waals surface area contributed by atoms with Crippen LogP contribution < -0.4 is 14.8 Å². The fourth-order valence-corrected chi connectivity index (χ4v) is 5.71. The first-order chi connectivity index (χ1) is 21.8. The maximum atomic E-state index is 13.4. The van der Waals surface area contributed by atoms with Crippen LogP contribution in [0.25, 0.3) is 11.5 Å². The number of anilines is 1. The number of hydrogen-bond donors (Lipinski definition) is 1. The Bertz CT molecular complexity index is 1680. The monoisotopic (exact) mass is 632 g/mol. The van der Waals surface area contributed by atoms with Gasteiger partial charge in [0, 0.05) is 56.2 Å². The number of thiazole rings is 1. The summed E-state index contributed by atoms with van der Waals surface area (Å²) in [6.07, 6.45) is 0.846. The van der Waals surface area contributed by atoms with Gasteiger partial charge in [0.2, 0.25) is 23.6 Å². The predicted octanol–water partition coefficient (Wildman–Crippen LogP) is 3.80. The summed E-state index contributed by atoms with van der Waals surface area (Å²) >= 11 is 1.24. The molecule has 0 spiro atoms. The quantitative estimate of drug-likeness (QED) is 0.274. The average molecular weight is 633 g/mol. The fraction of sp³-hybridized carbons (Fsp3) is 0.355. The summed E-state index contributed by atoms with van der Waals surface area (Å²) < 4.78 is 22.9. The number of nitrogens with one attached hydrogen (secondary N) is 1. The minimum absolute atomic E-state index is 0.0275. The molecule has 2 aliphatic heterocycles. The number of carbonyl (C=O) groups excluding carboxylic acids is 3. The molecule has 14 heteroatoms. The number of nitrogens with zero attached hydrogens (tertiary/aromatic N) is 5. The maximum absolute atomic E-state index is 13.4. The molecule has 6 rings (SSSR count). The van der Waals surface area contributed by atoms with Crippen LogP contribution in [0.5, 0.6) is 17.2 Å². The van der Waals surface area contributed by atoms with Crippen molar-refractivity contribution in [3.8, 4) is 28.7 Å². The number of aryl methyl sites for hydroxylation is 1. The average Bonchev–Trinajstić information content (AvgIpc) is 3.77. The van der Waals surface area contributed by atoms with E-state index in [4.69, 9.17) is 18.6 Å². The van der Waals surface area contributed by atoms with Crippen molar-refractivity contribution < 1.29 is 33.0 Å². The second-order valence-electron chi connectivity index (χ2n) is 10.8. The Morgan fingerprint density at radius 1 is 1.04 bits per heavy atom. The molecule has 2 aromatic heterocycles. The molecule has 1 N–H and O–H groups in total. The molecule has 234 valence electrons. The molecule has 2 aliphatic rings. The summed E-state index contributed by atoms with van der Waals surface area (Å²) in [5.74, 6) is 1.45. The Morgan fingerprint density at radius 2 is 1.82 bits per heavy atom. The van der Waals surface area contributed by atoms with Crippen LogP contribution in [0, 0.1) is 12.8 Å². The molecule has 1 unspecified atom stereocenters. The van der Waals surface area contributed by atoms with E-state index in [2.05, 4.69) is 20.5 Å². The van der Waals surface area contributed by atoms with Crippen molar-refractivity contribution in [1.29, 1.82) is 0 Å². The number of likely N-dealkylation sites (tertiary alicyclic amines) is 1. The molecule has 0 aliphatic carbocycles. The number of carbonyl (C=O) groups is 3. The van der Waals surface area contributed by atoms with E-state index < -0.39 is 5.91 Å². The van der Waals surface area contributed by atoms with Gasteiger partial charge in [-0.25, -0.2) is 4.98 Å². The van der Waals surface area contributed by atoms with Gasteiger partial charge in [0.1, 0.15) is 17.2 Å². The van der Waals surface area contributed by atoms with Gasteiger partial charge in [-0.05, 0) is 42.8 Å². The lowest BCUT2D eigenvalue weighted by atomic mass is 10.1. The minimum Gasteiger partial charge on any atom is -0.493 e. The highest BCUT2D eigenvalue weighted by Crippen LogP contribution is 2.31. The van der Waals surface area contributed by atoms with Crippen molar-refractivity contribution in [3.05, 3.63) is 65.0 Å². The molecular formula is C31H32N6O7S. The second kappa shape index (κ2) is 13.4. The van der Waals surface area contributed by atoms with Gasteiger partial charge < -0.3 is 28.4 Å². The van der Waals surface area contributed by atoms with Crippen molar-refractivity contribution in [2.75, 3.05) is 51.8 Å². The van der Waals surface area contributed by atoms with Crippen LogP contribution in [0.15, 0.2) is 52.3 Å². The van der Waals surface area contributed by atoms with Gasteiger partial charge in [0.05, 0.1) is 37.9 Å². The standard InChI is InChI=1S/C31H32N6O7S/c1-19-34-35-29(43-19)20-3-5-24(6-4-20)44-26-14-22(13-25(16-26)42-17-21-7-8-36(2)30(21)40)28(39)33-31-32-23(18-45-31)15-27(38)37-9-11-41-12-10-37/h3-6,13-14,16,18,21H,7-12,15,17H2,1-2H3,(H,32,33,39). The SMILES string of the molecule is Cc1nnc(-c2ccc(Oc3cc(OCC4CCN(C)C4=O)cc(C(=O)Nc4nc(CC(=O)N5CCOCC5)cs4)c3)cc2)o1. The smallest absolute Gasteiger partial charge is 0.257 e. The zero-order valence-corrected chi connectivity index (χ0v) is 25.7. The van der Waals surface area contributed by atoms with E-state index >= 15 is 0 Å². The molecule has 2 saturated heterocycles. The molecule has 1 atom stereocenters. The van der Waals surface area contributed by atoms with E-state index in [0.29, 0.717) is 79.1 Å². The highest BCUT2D eigenvalue weighted by molar-refractivity contribution is 7.14. The Morgan fingerprint density at radius 3 is 2.53 bits per heavy atom. The van der Waals surface area contributed by atoms with Crippen molar-refractivity contribution in [1.82, 2.24) is 25.0 Å². The van der Waals surface area contributed by atoms with Gasteiger partial charge >= 0.3 is 0 Å². The molecule has 0 saturated carbocycles. The van der Waals surface area contributed by atoms with Crippen LogP contribution in [0.1, 0.15) is 28.4 Å². The fourth-order valence-electron chi connectivity index (χ4n) is 5.00. The van der Waals surface area contributed by atoms with E-state index in [-0.39, 0.29) is 36.3 Å². The van der Waals surface area contributed by atoms with Gasteiger partial charge in [-0.1, -0.05) is 0 Å². The van der Waals surface area contributed by atoms with Gasteiger partial charge in [-0.15, -0.1) is 21.5 Å². The summed E-state index contributed by atoms with van der Waals surface area (Å²) in [5, 5.41) is 12.8. The van der Waals surface area contributed by atoms with E-state index in [1.807, 2.05) is 0 Å². The number of aromatic nitrogens is 3. The first-order valence-electron chi connectivity index (χ1n) is 14.5. The Hall–Kier alpha value is -4.82. The lowest BCUT2D eigenvalue weighted by Gasteiger charge is -2.26. The second-order valence-corrected chi connectivity index (χ2v) is 11.6. The number of benzene rings is 2. The van der Waals surface area contributed by atoms with Crippen molar-refractivity contribution in [2.24, 2.45) is 5.92 Å². The summed E-state index contributed by atoms with van der Waals surface area (Å²) in [4.78, 5) is 46.3. The normalized spacial score (nSPS) is 16.6. The van der Waals surface area contributed by atoms with Crippen LogP contribution in [0.2, 0.25) is 0 Å². The van der Waals surface area contributed by atoms with Crippen LogP contribution in [0.3, 0.4) is 0 Å². The number of hydrogen-bond acceptors (Lipinski definition) is 11. The lowest BCUT2D eigenvalue weighted by molar-refractivity contribution is -0.134. The summed E-state index contributed by atoms with van der Waals surface area (Å²) in [6.45, 7) is 4.75. The van der Waals surface area contributed by atoms with Crippen molar-refractivity contribution >= 4 is 34.2 Å². The molecular weight excluding hydrogens is 600 g/mol. The molecule has 2 fully saturated rings. The van der Waals surface area contributed by atoms with E-state index in [1.165, 1.54) is 11.3 Å². The summed E-state index contributed by atoms with van der Waals surface area (Å²) in [6, 6.07) is 12.0. The number of amides is 3. The van der Waals surface area contributed by atoms with E-state index in [0.717, 1.165) is 5.56 Å². The van der Waals surface area contributed by atoms with E-state index in [9.17, 15) is 14.4 Å². The zero-order chi connectivity index (χ0) is 31.3. The molecule has 45 heavy (non-hydrogen) atoms. The molecule has 4 heterocycles. The third-order valence-electron chi connectivity index (χ3n) is 7.46. The lowest BCUT2D eigenvalue weighted by Crippen LogP contribution is -2.41. The number of morpholine rings is 1. The first-order valence-corrected chi connectivity index (χ1v) is 15.4. The van der Waals surface area contributed by atoms with Crippen LogP contribution in [-0.4, -0.2) is 89.2 Å². The van der Waals surface area contributed by atoms with Gasteiger partial charge in [-0.3, -0.25) is 19.7 Å². The zero-order valence-electron chi connectivity index (χ0n) is 24.9. The highest BCUT2D eigenvalue weighted by Gasteiger charge is 2.29. The summed E-state index contributed by atoms with van der Waals surface area (Å²) in [7, 11) is 1.77. The number of ether oxygens (including phenoxy) is 3. The topological polar surface area (TPSA) is 149 Å². The Balaban J connectivity index is 1.17. The molecule has 0 bridgehead atoms. The van der Waals surface area contributed by atoms with Crippen LogP contribution >= 0.6 is 11.3 Å². The highest BCUT2D eigenvalue weighted by atomic mass is 32.1. The molecule has 2 aromatic carbocycles. The van der Waals surface area contributed by atoms with Gasteiger partial charge in [0.15, 0.2) is 5.13 Å². The molecule has 4 aromatic rings. The molecule has 13 nitrogen and oxygen atoms in total. The van der Waals surface area contributed by atoms with E-state index in [1.54, 1.807) is 71.6 Å². The van der Waals surface area contributed by atoms with Gasteiger partial charge in [0.25, 0.3) is 5.91 Å².